The summed E-state index contributed by atoms with van der Waals surface area (Å²) in [6, 6.07) is 0. The second-order valence-electron chi connectivity index (χ2n) is 3.09. The summed E-state index contributed by atoms with van der Waals surface area (Å²) in [5.41, 5.74) is 0. The number of cyclic esters (lactones) is 2. The first-order valence-corrected chi connectivity index (χ1v) is 4.29. The third-order valence-corrected chi connectivity index (χ3v) is 2.13. The van der Waals surface area contributed by atoms with E-state index in [0.717, 1.165) is 0 Å². The molecule has 4 heteroatoms. The molecule has 74 valence electrons. The van der Waals surface area contributed by atoms with Gasteiger partial charge < -0.3 is 14.6 Å². The molecule has 0 aromatic rings. The molecule has 1 aliphatic heterocycles. The van der Waals surface area contributed by atoms with Gasteiger partial charge in [-0.05, 0) is 6.92 Å². The van der Waals surface area contributed by atoms with Crippen LogP contribution in [-0.4, -0.2) is 30.1 Å². The van der Waals surface area contributed by atoms with Crippen LogP contribution < -0.4 is 0 Å². The van der Waals surface area contributed by atoms with Crippen molar-refractivity contribution in [3.05, 3.63) is 12.2 Å². The minimum atomic E-state index is -0.649. The highest BCUT2D eigenvalue weighted by molar-refractivity contribution is 5.61. The number of hydrogen-bond donors (Lipinski definition) is 1. The quantitative estimate of drug-likeness (QED) is 0.529. The van der Waals surface area contributed by atoms with Crippen LogP contribution in [0.25, 0.3) is 0 Å². The van der Waals surface area contributed by atoms with E-state index in [0.29, 0.717) is 0 Å². The molecule has 0 bridgehead atoms. The van der Waals surface area contributed by atoms with E-state index < -0.39 is 12.3 Å². The monoisotopic (exact) mass is 186 g/mol. The van der Waals surface area contributed by atoms with E-state index in [1.165, 1.54) is 0 Å². The number of aliphatic hydroxyl groups is 1. The Bertz CT molecular complexity index is 212. The lowest BCUT2D eigenvalue weighted by Crippen LogP contribution is -2.29. The third-order valence-electron chi connectivity index (χ3n) is 2.13. The molecule has 1 rings (SSSR count). The molecule has 0 spiro atoms. The van der Waals surface area contributed by atoms with E-state index in [9.17, 15) is 9.90 Å². The van der Waals surface area contributed by atoms with Gasteiger partial charge in [0.05, 0.1) is 6.10 Å². The van der Waals surface area contributed by atoms with Crippen LogP contribution in [0, 0.1) is 5.92 Å². The molecule has 0 saturated carbocycles. The van der Waals surface area contributed by atoms with Gasteiger partial charge in [0.1, 0.15) is 12.7 Å². The average Bonchev–Trinajstić information content (AvgIpc) is 2.51. The van der Waals surface area contributed by atoms with Gasteiger partial charge in [0, 0.05) is 5.92 Å². The normalized spacial score (nSPS) is 27.0. The smallest absolute Gasteiger partial charge is 0.430 e. The lowest BCUT2D eigenvalue weighted by Gasteiger charge is -2.18. The van der Waals surface area contributed by atoms with Crippen LogP contribution in [0.1, 0.15) is 13.8 Å². The Kier molecular flexibility index (Phi) is 3.31. The highest BCUT2D eigenvalue weighted by Crippen LogP contribution is 2.19. The zero-order valence-corrected chi connectivity index (χ0v) is 7.77. The van der Waals surface area contributed by atoms with Gasteiger partial charge in [-0.2, -0.15) is 0 Å². The number of allylic oxidation sites excluding steroid dienone is 1. The van der Waals surface area contributed by atoms with Gasteiger partial charge in [0.2, 0.25) is 0 Å². The van der Waals surface area contributed by atoms with Crippen LogP contribution in [0.3, 0.4) is 0 Å². The second kappa shape index (κ2) is 4.28. The molecule has 0 aliphatic carbocycles. The summed E-state index contributed by atoms with van der Waals surface area (Å²) in [6.07, 6.45) is 1.85. The summed E-state index contributed by atoms with van der Waals surface area (Å²) in [7, 11) is 0. The van der Waals surface area contributed by atoms with Gasteiger partial charge in [0.15, 0.2) is 0 Å². The Balaban J connectivity index is 2.47. The summed E-state index contributed by atoms with van der Waals surface area (Å²) in [6.45, 7) is 3.87. The molecule has 0 aromatic carbocycles. The number of hydrogen-bond acceptors (Lipinski definition) is 4. The summed E-state index contributed by atoms with van der Waals surface area (Å²) in [4.78, 5) is 10.6. The minimum Gasteiger partial charge on any atom is -0.430 e. The number of rotatable bonds is 3. The van der Waals surface area contributed by atoms with Crippen LogP contribution in [0.4, 0.5) is 4.79 Å². The Morgan fingerprint density at radius 1 is 1.69 bits per heavy atom. The maximum atomic E-state index is 10.6. The van der Waals surface area contributed by atoms with Gasteiger partial charge in [0.25, 0.3) is 0 Å². The predicted molar refractivity (Wildman–Crippen MR) is 46.2 cm³/mol. The van der Waals surface area contributed by atoms with Crippen LogP contribution in [-0.2, 0) is 9.47 Å². The fraction of sp³-hybridized carbons (Fsp3) is 0.667. The maximum absolute atomic E-state index is 10.6. The summed E-state index contributed by atoms with van der Waals surface area (Å²) in [5.74, 6) is -0.136. The van der Waals surface area contributed by atoms with E-state index >= 15 is 0 Å². The highest BCUT2D eigenvalue weighted by Gasteiger charge is 2.32. The second-order valence-corrected chi connectivity index (χ2v) is 3.09. The molecule has 3 atom stereocenters. The van der Waals surface area contributed by atoms with Crippen molar-refractivity contribution in [3.63, 3.8) is 0 Å². The molecule has 0 aromatic heterocycles. The lowest BCUT2D eigenvalue weighted by molar-refractivity contribution is 0.0549. The van der Waals surface area contributed by atoms with Crippen molar-refractivity contribution in [3.8, 4) is 0 Å². The van der Waals surface area contributed by atoms with E-state index in [-0.39, 0.29) is 18.6 Å². The predicted octanol–water partition coefficient (Wildman–Crippen LogP) is 1.09. The van der Waals surface area contributed by atoms with E-state index in [4.69, 9.17) is 4.74 Å². The van der Waals surface area contributed by atoms with E-state index in [2.05, 4.69) is 4.74 Å². The molecule has 1 saturated heterocycles. The van der Waals surface area contributed by atoms with Crippen LogP contribution >= 0.6 is 0 Å². The van der Waals surface area contributed by atoms with Gasteiger partial charge >= 0.3 is 6.16 Å². The fourth-order valence-corrected chi connectivity index (χ4v) is 1.19. The molecule has 1 fully saturated rings. The van der Waals surface area contributed by atoms with E-state index in [1.807, 2.05) is 13.8 Å². The molecule has 3 unspecified atom stereocenters. The molecule has 13 heavy (non-hydrogen) atoms. The number of ether oxygens (including phenoxy) is 2. The topological polar surface area (TPSA) is 55.8 Å². The first-order valence-electron chi connectivity index (χ1n) is 4.29. The zero-order valence-electron chi connectivity index (χ0n) is 7.77. The van der Waals surface area contributed by atoms with Crippen molar-refractivity contribution in [2.45, 2.75) is 26.1 Å². The van der Waals surface area contributed by atoms with Crippen molar-refractivity contribution in [2.24, 2.45) is 5.92 Å². The summed E-state index contributed by atoms with van der Waals surface area (Å²) < 4.78 is 9.45. The van der Waals surface area contributed by atoms with Crippen LogP contribution in [0.2, 0.25) is 0 Å². The minimum absolute atomic E-state index is 0.136. The number of aliphatic hydroxyl groups excluding tert-OH is 1. The number of carbonyl (C=O) groups excluding carboxylic acids is 1. The molecule has 1 aliphatic rings. The van der Waals surface area contributed by atoms with Crippen molar-refractivity contribution in [1.82, 2.24) is 0 Å². The highest BCUT2D eigenvalue weighted by atomic mass is 16.8. The molecule has 1 N–H and O–H groups in total. The molecular formula is C9H14O4. The zero-order chi connectivity index (χ0) is 9.84. The van der Waals surface area contributed by atoms with Crippen molar-refractivity contribution >= 4 is 6.16 Å². The molecular weight excluding hydrogens is 172 g/mol. The molecule has 1 heterocycles. The van der Waals surface area contributed by atoms with Crippen LogP contribution in [0.15, 0.2) is 12.2 Å². The van der Waals surface area contributed by atoms with Crippen molar-refractivity contribution in [1.29, 1.82) is 0 Å². The standard InChI is InChI=1S/C9H14O4/c1-3-4-7(10)6(2)8-5-12-9(11)13-8/h3-4,6-8,10H,5H2,1-2H3/b4-3+. The SMILES string of the molecule is C/C=C/C(O)C(C)C1COC(=O)O1. The fourth-order valence-electron chi connectivity index (χ4n) is 1.19. The molecule has 4 nitrogen and oxygen atoms in total. The average molecular weight is 186 g/mol. The Labute approximate surface area is 77.1 Å². The third kappa shape index (κ3) is 2.45. The summed E-state index contributed by atoms with van der Waals surface area (Å²) in [5, 5.41) is 9.53. The Hall–Kier alpha value is -1.03. The summed E-state index contributed by atoms with van der Waals surface area (Å²) >= 11 is 0. The Morgan fingerprint density at radius 2 is 2.38 bits per heavy atom. The van der Waals surface area contributed by atoms with Crippen LogP contribution in [0.5, 0.6) is 0 Å². The largest absolute Gasteiger partial charge is 0.508 e. The van der Waals surface area contributed by atoms with Crippen molar-refractivity contribution in [2.75, 3.05) is 6.61 Å². The van der Waals surface area contributed by atoms with Gasteiger partial charge in [-0.15, -0.1) is 0 Å². The molecule has 0 radical (unpaired) electrons. The van der Waals surface area contributed by atoms with Gasteiger partial charge in [-0.3, -0.25) is 0 Å². The van der Waals surface area contributed by atoms with Gasteiger partial charge in [-0.25, -0.2) is 4.79 Å². The van der Waals surface area contributed by atoms with Gasteiger partial charge in [-0.1, -0.05) is 19.1 Å². The van der Waals surface area contributed by atoms with E-state index in [1.54, 1.807) is 12.2 Å². The Morgan fingerprint density at radius 3 is 2.85 bits per heavy atom. The first kappa shape index (κ1) is 10.1. The lowest BCUT2D eigenvalue weighted by atomic mass is 9.98. The number of carbonyl (C=O) groups is 1. The maximum Gasteiger partial charge on any atom is 0.508 e. The van der Waals surface area contributed by atoms with Crippen molar-refractivity contribution < 1.29 is 19.4 Å². The first-order chi connectivity index (χ1) is 6.15. The molecule has 0 amide bonds.